The molecular formula is C10H14N2O2. The molecule has 0 saturated carbocycles. The highest BCUT2D eigenvalue weighted by molar-refractivity contribution is 5.93. The van der Waals surface area contributed by atoms with E-state index in [1.165, 1.54) is 6.07 Å². The molecule has 0 aliphatic heterocycles. The minimum atomic E-state index is -0.159. The Morgan fingerprint density at radius 2 is 2.14 bits per heavy atom. The molecule has 0 heterocycles. The maximum absolute atomic E-state index is 11.2. The van der Waals surface area contributed by atoms with Gasteiger partial charge in [-0.1, -0.05) is 19.1 Å². The third kappa shape index (κ3) is 3.06. The molecule has 0 radical (unpaired) electrons. The molecule has 3 N–H and O–H groups in total. The molecule has 0 aliphatic carbocycles. The third-order valence-electron chi connectivity index (χ3n) is 1.71. The molecule has 1 rings (SSSR count). The molecule has 4 heteroatoms. The summed E-state index contributed by atoms with van der Waals surface area (Å²) < 4.78 is 0. The molecule has 0 saturated heterocycles. The molecule has 0 spiro atoms. The number of phenols is 1. The predicted octanol–water partition coefficient (Wildman–Crippen LogP) is 0.940. The van der Waals surface area contributed by atoms with Crippen molar-refractivity contribution in [3.05, 3.63) is 24.3 Å². The summed E-state index contributed by atoms with van der Waals surface area (Å²) >= 11 is 0. The van der Waals surface area contributed by atoms with E-state index >= 15 is 0 Å². The van der Waals surface area contributed by atoms with E-state index in [1.807, 2.05) is 6.92 Å². The van der Waals surface area contributed by atoms with Gasteiger partial charge in [-0.05, 0) is 18.7 Å². The molecule has 0 atom stereocenters. The first-order valence-corrected chi connectivity index (χ1v) is 4.52. The van der Waals surface area contributed by atoms with Crippen molar-refractivity contribution < 1.29 is 9.90 Å². The van der Waals surface area contributed by atoms with Gasteiger partial charge in [0, 0.05) is 0 Å². The van der Waals surface area contributed by atoms with Crippen LogP contribution in [-0.2, 0) is 4.79 Å². The fourth-order valence-electron chi connectivity index (χ4n) is 1.01. The van der Waals surface area contributed by atoms with E-state index in [9.17, 15) is 9.90 Å². The number of amides is 1. The highest BCUT2D eigenvalue weighted by Gasteiger charge is 2.03. The number of carbonyl (C=O) groups excluding carboxylic acids is 1. The Hall–Kier alpha value is -1.55. The summed E-state index contributed by atoms with van der Waals surface area (Å²) in [6, 6.07) is 6.64. The van der Waals surface area contributed by atoms with Crippen LogP contribution in [0, 0.1) is 0 Å². The van der Waals surface area contributed by atoms with Gasteiger partial charge in [0.25, 0.3) is 0 Å². The minimum absolute atomic E-state index is 0.0809. The van der Waals surface area contributed by atoms with Crippen LogP contribution in [-0.4, -0.2) is 24.1 Å². The molecule has 76 valence electrons. The molecule has 4 nitrogen and oxygen atoms in total. The maximum atomic E-state index is 11.2. The van der Waals surface area contributed by atoms with E-state index in [4.69, 9.17) is 0 Å². The van der Waals surface area contributed by atoms with Gasteiger partial charge in [-0.15, -0.1) is 0 Å². The van der Waals surface area contributed by atoms with Gasteiger partial charge >= 0.3 is 0 Å². The molecule has 0 fully saturated rings. The molecule has 1 amide bonds. The van der Waals surface area contributed by atoms with Gasteiger partial charge in [0.05, 0.1) is 12.2 Å². The van der Waals surface area contributed by atoms with Gasteiger partial charge in [-0.3, -0.25) is 4.79 Å². The Kier molecular flexibility index (Phi) is 3.94. The first-order chi connectivity index (χ1) is 6.74. The van der Waals surface area contributed by atoms with Crippen molar-refractivity contribution in [2.75, 3.05) is 18.4 Å². The summed E-state index contributed by atoms with van der Waals surface area (Å²) in [4.78, 5) is 11.2. The van der Waals surface area contributed by atoms with Crippen LogP contribution in [0.5, 0.6) is 5.75 Å². The van der Waals surface area contributed by atoms with Gasteiger partial charge < -0.3 is 15.7 Å². The predicted molar refractivity (Wildman–Crippen MR) is 55.3 cm³/mol. The van der Waals surface area contributed by atoms with Crippen LogP contribution in [0.1, 0.15) is 6.92 Å². The third-order valence-corrected chi connectivity index (χ3v) is 1.71. The van der Waals surface area contributed by atoms with Crippen LogP contribution in [0.2, 0.25) is 0 Å². The Labute approximate surface area is 82.9 Å². The molecule has 1 aromatic rings. The van der Waals surface area contributed by atoms with Crippen molar-refractivity contribution in [2.45, 2.75) is 6.92 Å². The second kappa shape index (κ2) is 5.24. The number of hydrogen-bond donors (Lipinski definition) is 3. The number of benzene rings is 1. The average molecular weight is 194 g/mol. The SMILES string of the molecule is CCNCC(=O)Nc1ccccc1O. The largest absolute Gasteiger partial charge is 0.506 e. The number of para-hydroxylation sites is 2. The lowest BCUT2D eigenvalue weighted by atomic mass is 10.3. The number of likely N-dealkylation sites (N-methyl/N-ethyl adjacent to an activating group) is 1. The minimum Gasteiger partial charge on any atom is -0.506 e. The number of aromatic hydroxyl groups is 1. The Morgan fingerprint density at radius 3 is 2.79 bits per heavy atom. The number of phenolic OH excluding ortho intramolecular Hbond substituents is 1. The van der Waals surface area contributed by atoms with Crippen molar-refractivity contribution in [3.8, 4) is 5.75 Å². The van der Waals surface area contributed by atoms with Crippen LogP contribution in [0.25, 0.3) is 0 Å². The molecule has 1 aromatic carbocycles. The standard InChI is InChI=1S/C10H14N2O2/c1-2-11-7-10(14)12-8-5-3-4-6-9(8)13/h3-6,11,13H,2,7H2,1H3,(H,12,14). The summed E-state index contributed by atoms with van der Waals surface area (Å²) in [7, 11) is 0. The van der Waals surface area contributed by atoms with Crippen molar-refractivity contribution >= 4 is 11.6 Å². The number of carbonyl (C=O) groups is 1. The van der Waals surface area contributed by atoms with E-state index in [0.717, 1.165) is 6.54 Å². The van der Waals surface area contributed by atoms with Gasteiger partial charge in [0.2, 0.25) is 5.91 Å². The molecule has 14 heavy (non-hydrogen) atoms. The summed E-state index contributed by atoms with van der Waals surface area (Å²) in [5.41, 5.74) is 0.440. The van der Waals surface area contributed by atoms with Crippen molar-refractivity contribution in [2.24, 2.45) is 0 Å². The summed E-state index contributed by atoms with van der Waals surface area (Å²) in [5, 5.41) is 14.8. The van der Waals surface area contributed by atoms with E-state index in [1.54, 1.807) is 18.2 Å². The normalized spacial score (nSPS) is 9.79. The zero-order chi connectivity index (χ0) is 10.4. The average Bonchev–Trinajstić information content (AvgIpc) is 2.18. The molecular weight excluding hydrogens is 180 g/mol. The number of anilines is 1. The summed E-state index contributed by atoms with van der Waals surface area (Å²) in [6.07, 6.45) is 0. The highest BCUT2D eigenvalue weighted by Crippen LogP contribution is 2.20. The Bertz CT molecular complexity index is 313. The Balaban J connectivity index is 2.52. The Morgan fingerprint density at radius 1 is 1.43 bits per heavy atom. The van der Waals surface area contributed by atoms with E-state index in [-0.39, 0.29) is 18.2 Å². The molecule has 0 unspecified atom stereocenters. The lowest BCUT2D eigenvalue weighted by molar-refractivity contribution is -0.115. The number of rotatable bonds is 4. The monoisotopic (exact) mass is 194 g/mol. The quantitative estimate of drug-likeness (QED) is 0.625. The fourth-order valence-corrected chi connectivity index (χ4v) is 1.01. The summed E-state index contributed by atoms with van der Waals surface area (Å²) in [5.74, 6) is -0.0781. The van der Waals surface area contributed by atoms with Crippen LogP contribution in [0.3, 0.4) is 0 Å². The van der Waals surface area contributed by atoms with Crippen LogP contribution in [0.4, 0.5) is 5.69 Å². The van der Waals surface area contributed by atoms with Gasteiger partial charge in [0.15, 0.2) is 0 Å². The molecule has 0 aliphatic rings. The number of nitrogens with one attached hydrogen (secondary N) is 2. The molecule has 0 bridgehead atoms. The van der Waals surface area contributed by atoms with Gasteiger partial charge in [0.1, 0.15) is 5.75 Å². The zero-order valence-electron chi connectivity index (χ0n) is 8.08. The maximum Gasteiger partial charge on any atom is 0.238 e. The lowest BCUT2D eigenvalue weighted by Crippen LogP contribution is -2.27. The zero-order valence-corrected chi connectivity index (χ0v) is 8.08. The van der Waals surface area contributed by atoms with Crippen molar-refractivity contribution in [1.82, 2.24) is 5.32 Å². The van der Waals surface area contributed by atoms with E-state index < -0.39 is 0 Å². The topological polar surface area (TPSA) is 61.4 Å². The van der Waals surface area contributed by atoms with Crippen molar-refractivity contribution in [3.63, 3.8) is 0 Å². The first kappa shape index (κ1) is 10.5. The van der Waals surface area contributed by atoms with E-state index in [0.29, 0.717) is 5.69 Å². The van der Waals surface area contributed by atoms with Gasteiger partial charge in [-0.2, -0.15) is 0 Å². The van der Waals surface area contributed by atoms with Crippen molar-refractivity contribution in [1.29, 1.82) is 0 Å². The first-order valence-electron chi connectivity index (χ1n) is 4.52. The van der Waals surface area contributed by atoms with Crippen LogP contribution < -0.4 is 10.6 Å². The highest BCUT2D eigenvalue weighted by atomic mass is 16.3. The lowest BCUT2D eigenvalue weighted by Gasteiger charge is -2.06. The summed E-state index contributed by atoms with van der Waals surface area (Å²) in [6.45, 7) is 2.92. The van der Waals surface area contributed by atoms with Crippen LogP contribution >= 0.6 is 0 Å². The number of hydrogen-bond acceptors (Lipinski definition) is 3. The van der Waals surface area contributed by atoms with E-state index in [2.05, 4.69) is 10.6 Å². The second-order valence-electron chi connectivity index (χ2n) is 2.85. The van der Waals surface area contributed by atoms with Gasteiger partial charge in [-0.25, -0.2) is 0 Å². The smallest absolute Gasteiger partial charge is 0.238 e. The molecule has 0 aromatic heterocycles. The fraction of sp³-hybridized carbons (Fsp3) is 0.300. The van der Waals surface area contributed by atoms with Crippen LogP contribution in [0.15, 0.2) is 24.3 Å². The second-order valence-corrected chi connectivity index (χ2v) is 2.85.